The van der Waals surface area contributed by atoms with Gasteiger partial charge in [0.1, 0.15) is 0 Å². The van der Waals surface area contributed by atoms with Crippen LogP contribution < -0.4 is 10.9 Å². The van der Waals surface area contributed by atoms with Crippen LogP contribution in [-0.2, 0) is 22.7 Å². The van der Waals surface area contributed by atoms with Crippen LogP contribution >= 0.6 is 0 Å². The Labute approximate surface area is 161 Å². The summed E-state index contributed by atoms with van der Waals surface area (Å²) in [6, 6.07) is 14.2. The fourth-order valence-electron chi connectivity index (χ4n) is 3.00. The predicted octanol–water partition coefficient (Wildman–Crippen LogP) is 1.04. The molecule has 2 unspecified atom stereocenters. The molecule has 0 saturated carbocycles. The Hall–Kier alpha value is -3.43. The highest BCUT2D eigenvalue weighted by Crippen LogP contribution is 2.21. The second-order valence-electron chi connectivity index (χ2n) is 6.23. The first-order chi connectivity index (χ1) is 13.5. The summed E-state index contributed by atoms with van der Waals surface area (Å²) in [5.41, 5.74) is 7.14. The number of urea groups is 1. The number of carboxylic acid groups (broad SMARTS) is 2. The summed E-state index contributed by atoms with van der Waals surface area (Å²) in [6.07, 6.45) is 0. The molecule has 146 valence electrons. The largest absolute Gasteiger partial charge is 0.480 e. The van der Waals surface area contributed by atoms with Gasteiger partial charge in [-0.2, -0.15) is 0 Å². The maximum Gasteiger partial charge on any atom is 0.350 e. The zero-order valence-corrected chi connectivity index (χ0v) is 14.9. The number of hydrogen-bond donors (Lipinski definition) is 4. The first kappa shape index (κ1) is 19.3. The van der Waals surface area contributed by atoms with E-state index in [2.05, 4.69) is 10.9 Å². The molecular formula is C19H20N4O5. The predicted molar refractivity (Wildman–Crippen MR) is 98.5 cm³/mol. The quantitative estimate of drug-likeness (QED) is 0.536. The van der Waals surface area contributed by atoms with Gasteiger partial charge in [0.05, 0.1) is 0 Å². The van der Waals surface area contributed by atoms with Crippen molar-refractivity contribution in [3.8, 4) is 0 Å². The molecule has 9 nitrogen and oxygen atoms in total. The zero-order chi connectivity index (χ0) is 20.1. The molecule has 0 aromatic heterocycles. The van der Waals surface area contributed by atoms with Crippen molar-refractivity contribution in [1.29, 1.82) is 0 Å². The molecular weight excluding hydrogens is 364 g/mol. The molecule has 0 spiro atoms. The summed E-state index contributed by atoms with van der Waals surface area (Å²) in [5.74, 6) is -2.82. The minimum absolute atomic E-state index is 0.176. The van der Waals surface area contributed by atoms with Crippen LogP contribution in [-0.4, -0.2) is 50.3 Å². The Morgan fingerprint density at radius 2 is 1.11 bits per heavy atom. The van der Waals surface area contributed by atoms with Gasteiger partial charge in [0.2, 0.25) is 0 Å². The molecule has 2 aromatic carbocycles. The van der Waals surface area contributed by atoms with Crippen molar-refractivity contribution in [2.75, 3.05) is 0 Å². The number of hydrogen-bond acceptors (Lipinski definition) is 5. The minimum atomic E-state index is -1.59. The summed E-state index contributed by atoms with van der Waals surface area (Å²) < 4.78 is 0. The van der Waals surface area contributed by atoms with Crippen molar-refractivity contribution in [2.24, 2.45) is 0 Å². The molecule has 9 heteroatoms. The van der Waals surface area contributed by atoms with E-state index in [4.69, 9.17) is 0 Å². The molecule has 0 aliphatic carbocycles. The molecule has 4 N–H and O–H groups in total. The van der Waals surface area contributed by atoms with Crippen molar-refractivity contribution in [1.82, 2.24) is 20.9 Å². The number of amides is 2. The highest BCUT2D eigenvalue weighted by atomic mass is 16.4. The number of benzene rings is 2. The average molecular weight is 384 g/mol. The molecule has 3 rings (SSSR count). The van der Waals surface area contributed by atoms with Crippen LogP contribution in [0.2, 0.25) is 0 Å². The Morgan fingerprint density at radius 1 is 0.750 bits per heavy atom. The van der Waals surface area contributed by atoms with Gasteiger partial charge in [-0.15, -0.1) is 0 Å². The summed E-state index contributed by atoms with van der Waals surface area (Å²) in [6.45, 7) is 0.352. The van der Waals surface area contributed by atoms with E-state index in [1.807, 2.05) is 60.7 Å². The van der Waals surface area contributed by atoms with Crippen LogP contribution in [0.1, 0.15) is 11.1 Å². The molecule has 0 radical (unpaired) electrons. The third-order valence-electron chi connectivity index (χ3n) is 4.37. The van der Waals surface area contributed by atoms with Crippen molar-refractivity contribution in [3.63, 3.8) is 0 Å². The molecule has 1 saturated heterocycles. The topological polar surface area (TPSA) is 122 Å². The summed E-state index contributed by atoms with van der Waals surface area (Å²) >= 11 is 0. The van der Waals surface area contributed by atoms with E-state index in [0.29, 0.717) is 0 Å². The van der Waals surface area contributed by atoms with Crippen LogP contribution in [0.15, 0.2) is 60.7 Å². The molecule has 1 aliphatic rings. The average Bonchev–Trinajstić information content (AvgIpc) is 2.98. The number of hydrazine groups is 2. The van der Waals surface area contributed by atoms with E-state index in [-0.39, 0.29) is 13.1 Å². The van der Waals surface area contributed by atoms with Gasteiger partial charge in [-0.1, -0.05) is 60.7 Å². The smallest absolute Gasteiger partial charge is 0.350 e. The van der Waals surface area contributed by atoms with Crippen molar-refractivity contribution in [3.05, 3.63) is 71.8 Å². The second kappa shape index (κ2) is 8.51. The Morgan fingerprint density at radius 3 is 1.43 bits per heavy atom. The summed E-state index contributed by atoms with van der Waals surface area (Å²) in [4.78, 5) is 36.3. The van der Waals surface area contributed by atoms with Crippen LogP contribution in [0.5, 0.6) is 0 Å². The molecule has 2 amide bonds. The number of nitrogens with zero attached hydrogens (tertiary/aromatic N) is 2. The van der Waals surface area contributed by atoms with Crippen LogP contribution in [0, 0.1) is 0 Å². The first-order valence-electron chi connectivity index (χ1n) is 8.62. The fraction of sp³-hybridized carbons (Fsp3) is 0.211. The third kappa shape index (κ3) is 4.11. The normalized spacial score (nSPS) is 19.1. The van der Waals surface area contributed by atoms with Gasteiger partial charge in [-0.3, -0.25) is 0 Å². The Bertz CT molecular complexity index is 776. The lowest BCUT2D eigenvalue weighted by atomic mass is 10.1. The molecule has 0 bridgehead atoms. The summed E-state index contributed by atoms with van der Waals surface area (Å²) in [7, 11) is 0. The molecule has 2 aromatic rings. The second-order valence-corrected chi connectivity index (χ2v) is 6.23. The number of nitrogens with one attached hydrogen (secondary N) is 2. The van der Waals surface area contributed by atoms with E-state index >= 15 is 0 Å². The SMILES string of the molecule is O=C(O)C1C(C(=O)O)N(NCc2ccccc2)C(=O)N1NCc1ccccc1. The zero-order valence-electron chi connectivity index (χ0n) is 14.9. The fourth-order valence-corrected chi connectivity index (χ4v) is 3.00. The van der Waals surface area contributed by atoms with Crippen molar-refractivity contribution in [2.45, 2.75) is 25.2 Å². The number of carbonyl (C=O) groups excluding carboxylic acids is 1. The first-order valence-corrected chi connectivity index (χ1v) is 8.62. The van der Waals surface area contributed by atoms with Gasteiger partial charge in [0.25, 0.3) is 0 Å². The van der Waals surface area contributed by atoms with Gasteiger partial charge in [0, 0.05) is 13.1 Å². The molecule has 28 heavy (non-hydrogen) atoms. The number of rotatable bonds is 8. The lowest BCUT2D eigenvalue weighted by Gasteiger charge is -2.21. The van der Waals surface area contributed by atoms with Crippen LogP contribution in [0.4, 0.5) is 4.79 Å². The van der Waals surface area contributed by atoms with Crippen LogP contribution in [0.3, 0.4) is 0 Å². The highest BCUT2D eigenvalue weighted by Gasteiger charge is 2.54. The molecule has 1 aliphatic heterocycles. The lowest BCUT2D eigenvalue weighted by Crippen LogP contribution is -2.52. The third-order valence-corrected chi connectivity index (χ3v) is 4.37. The Kier molecular flexibility index (Phi) is 5.87. The number of carboxylic acids is 2. The summed E-state index contributed by atoms with van der Waals surface area (Å²) in [5, 5.41) is 20.8. The van der Waals surface area contributed by atoms with Gasteiger partial charge < -0.3 is 10.2 Å². The van der Waals surface area contributed by atoms with Gasteiger partial charge >= 0.3 is 18.0 Å². The monoisotopic (exact) mass is 384 g/mol. The van der Waals surface area contributed by atoms with Gasteiger partial charge in [-0.25, -0.2) is 35.3 Å². The van der Waals surface area contributed by atoms with Gasteiger partial charge in [-0.05, 0) is 11.1 Å². The van der Waals surface area contributed by atoms with Crippen molar-refractivity contribution >= 4 is 18.0 Å². The van der Waals surface area contributed by atoms with E-state index in [1.165, 1.54) is 0 Å². The highest BCUT2D eigenvalue weighted by molar-refractivity contribution is 5.95. The maximum absolute atomic E-state index is 12.8. The molecule has 1 fully saturated rings. The van der Waals surface area contributed by atoms with E-state index in [0.717, 1.165) is 21.1 Å². The maximum atomic E-state index is 12.8. The van der Waals surface area contributed by atoms with E-state index < -0.39 is 30.1 Å². The minimum Gasteiger partial charge on any atom is -0.480 e. The standard InChI is InChI=1S/C19H20N4O5/c24-17(25)15-16(18(26)27)23(21-12-14-9-5-2-6-10-14)19(28)22(15)20-11-13-7-3-1-4-8-13/h1-10,15-16,20-21H,11-12H2,(H,24,25)(H,26,27). The number of aliphatic carboxylic acids is 2. The van der Waals surface area contributed by atoms with E-state index in [1.54, 1.807) is 0 Å². The molecule has 1 heterocycles. The van der Waals surface area contributed by atoms with Crippen molar-refractivity contribution < 1.29 is 24.6 Å². The number of carbonyl (C=O) groups is 3. The van der Waals surface area contributed by atoms with E-state index in [9.17, 15) is 24.6 Å². The lowest BCUT2D eigenvalue weighted by molar-refractivity contribution is -0.152. The van der Waals surface area contributed by atoms with Gasteiger partial charge in [0.15, 0.2) is 12.1 Å². The molecule has 2 atom stereocenters. The Balaban J connectivity index is 1.79. The van der Waals surface area contributed by atoms with Crippen LogP contribution in [0.25, 0.3) is 0 Å².